The van der Waals surface area contributed by atoms with Crippen molar-refractivity contribution in [2.45, 2.75) is 39.3 Å². The Morgan fingerprint density at radius 3 is 1.35 bits per heavy atom. The Morgan fingerprint density at radius 1 is 0.846 bits per heavy atom. The van der Waals surface area contributed by atoms with Gasteiger partial charge in [-0.05, 0) is 39.8 Å². The fraction of sp³-hybridized carbons (Fsp3) is 0.556. The highest BCUT2D eigenvalue weighted by molar-refractivity contribution is 5.95. The van der Waals surface area contributed by atoms with Crippen LogP contribution in [0.4, 0.5) is 0 Å². The zero-order valence-corrected chi connectivity index (χ0v) is 15.9. The van der Waals surface area contributed by atoms with E-state index in [1.807, 2.05) is 0 Å². The van der Waals surface area contributed by atoms with E-state index in [9.17, 15) is 19.8 Å². The van der Waals surface area contributed by atoms with Crippen molar-refractivity contribution >= 4 is 11.9 Å². The average Bonchev–Trinajstić information content (AvgIpc) is 2.60. The summed E-state index contributed by atoms with van der Waals surface area (Å²) >= 11 is 0. The lowest BCUT2D eigenvalue weighted by atomic mass is 9.86. The molecule has 1 aromatic rings. The van der Waals surface area contributed by atoms with E-state index in [4.69, 9.17) is 18.9 Å². The molecule has 0 spiro atoms. The molecule has 2 N–H and O–H groups in total. The van der Waals surface area contributed by atoms with Crippen LogP contribution in [-0.2, 0) is 30.5 Å². The van der Waals surface area contributed by atoms with Gasteiger partial charge in [0.15, 0.2) is 11.6 Å². The van der Waals surface area contributed by atoms with Gasteiger partial charge in [0, 0.05) is 38.6 Å². The van der Waals surface area contributed by atoms with Crippen molar-refractivity contribution in [1.82, 2.24) is 0 Å². The fourth-order valence-electron chi connectivity index (χ4n) is 2.92. The first-order valence-corrected chi connectivity index (χ1v) is 8.14. The van der Waals surface area contributed by atoms with Crippen molar-refractivity contribution in [2.24, 2.45) is 0 Å². The highest BCUT2D eigenvalue weighted by Gasteiger charge is 2.43. The number of carboxylic acids is 2. The summed E-state index contributed by atoms with van der Waals surface area (Å²) in [5.41, 5.74) is -0.254. The van der Waals surface area contributed by atoms with Crippen LogP contribution < -0.4 is 0 Å². The maximum Gasteiger partial charge on any atom is 0.336 e. The lowest BCUT2D eigenvalue weighted by Gasteiger charge is -2.37. The molecule has 0 saturated carbocycles. The predicted molar refractivity (Wildman–Crippen MR) is 92.3 cm³/mol. The summed E-state index contributed by atoms with van der Waals surface area (Å²) in [4.78, 5) is 23.7. The monoisotopic (exact) mass is 370 g/mol. The Bertz CT molecular complexity index is 614. The fourth-order valence-corrected chi connectivity index (χ4v) is 2.92. The number of hydrogen-bond donors (Lipinski definition) is 2. The Morgan fingerprint density at radius 2 is 1.15 bits per heavy atom. The molecule has 0 saturated heterocycles. The molecule has 0 fully saturated rings. The molecule has 0 bridgehead atoms. The van der Waals surface area contributed by atoms with Gasteiger partial charge in [0.1, 0.15) is 0 Å². The van der Waals surface area contributed by atoms with Crippen LogP contribution in [0.1, 0.15) is 59.5 Å². The van der Waals surface area contributed by atoms with Crippen molar-refractivity contribution in [2.75, 3.05) is 27.4 Å². The lowest BCUT2D eigenvalue weighted by Crippen LogP contribution is -2.39. The van der Waals surface area contributed by atoms with Gasteiger partial charge in [-0.3, -0.25) is 0 Å². The van der Waals surface area contributed by atoms with Crippen molar-refractivity contribution < 1.29 is 38.7 Å². The van der Waals surface area contributed by atoms with E-state index in [1.54, 1.807) is 13.8 Å². The van der Waals surface area contributed by atoms with Gasteiger partial charge >= 0.3 is 11.9 Å². The molecule has 1 aromatic carbocycles. The summed E-state index contributed by atoms with van der Waals surface area (Å²) < 4.78 is 22.2. The number of carboxylic acid groups (broad SMARTS) is 2. The molecule has 0 radical (unpaired) electrons. The van der Waals surface area contributed by atoms with Gasteiger partial charge in [-0.25, -0.2) is 9.59 Å². The molecule has 0 amide bonds. The smallest absolute Gasteiger partial charge is 0.336 e. The van der Waals surface area contributed by atoms with Crippen LogP contribution in [0.3, 0.4) is 0 Å². The van der Waals surface area contributed by atoms with E-state index < -0.39 is 23.5 Å². The van der Waals surface area contributed by atoms with Crippen molar-refractivity contribution in [3.63, 3.8) is 0 Å². The Kier molecular flexibility index (Phi) is 7.28. The number of methoxy groups -OCH3 is 2. The van der Waals surface area contributed by atoms with Gasteiger partial charge < -0.3 is 29.2 Å². The van der Waals surface area contributed by atoms with Crippen LogP contribution in [0.2, 0.25) is 0 Å². The largest absolute Gasteiger partial charge is 0.478 e. The van der Waals surface area contributed by atoms with Crippen LogP contribution in [0.25, 0.3) is 0 Å². The van der Waals surface area contributed by atoms with Crippen LogP contribution in [0, 0.1) is 0 Å². The zero-order valence-electron chi connectivity index (χ0n) is 15.9. The maximum absolute atomic E-state index is 11.9. The Labute approximate surface area is 152 Å². The molecule has 26 heavy (non-hydrogen) atoms. The second-order valence-corrected chi connectivity index (χ2v) is 5.69. The molecule has 1 rings (SSSR count). The van der Waals surface area contributed by atoms with Crippen molar-refractivity contribution in [1.29, 1.82) is 0 Å². The first-order chi connectivity index (χ1) is 12.1. The average molecular weight is 370 g/mol. The Balaban J connectivity index is 4.07. The minimum absolute atomic E-state index is 0.0343. The van der Waals surface area contributed by atoms with E-state index in [-0.39, 0.29) is 35.5 Å². The standard InChI is InChI=1S/C18H26O8/c1-7-25-17(3,23-5)13-11(15(19)20)9-10-12(16(21)22)14(13)18(4,24-6)26-8-2/h9-10H,7-8H2,1-6H3,(H,19,20)(H,21,22). The van der Waals surface area contributed by atoms with Crippen LogP contribution in [-0.4, -0.2) is 49.6 Å². The SMILES string of the molecule is CCOC(C)(OC)c1c(C(=O)O)ccc(C(=O)O)c1C(C)(OC)OCC. The summed E-state index contributed by atoms with van der Waals surface area (Å²) in [5, 5.41) is 19.3. The molecule has 2 unspecified atom stereocenters. The number of benzene rings is 1. The lowest BCUT2D eigenvalue weighted by molar-refractivity contribution is -0.235. The molecule has 0 aromatic heterocycles. The molecule has 0 aliphatic heterocycles. The van der Waals surface area contributed by atoms with Gasteiger partial charge in [0.2, 0.25) is 0 Å². The molecule has 146 valence electrons. The second-order valence-electron chi connectivity index (χ2n) is 5.69. The third-order valence-corrected chi connectivity index (χ3v) is 4.19. The molecule has 8 nitrogen and oxygen atoms in total. The molecule has 0 aliphatic carbocycles. The van der Waals surface area contributed by atoms with Gasteiger partial charge in [-0.15, -0.1) is 0 Å². The zero-order chi connectivity index (χ0) is 20.1. The number of aromatic carboxylic acids is 2. The molecular formula is C18H26O8. The van der Waals surface area contributed by atoms with E-state index in [0.29, 0.717) is 0 Å². The molecule has 0 aliphatic rings. The maximum atomic E-state index is 11.9. The third-order valence-electron chi connectivity index (χ3n) is 4.19. The number of rotatable bonds is 10. The molecule has 2 atom stereocenters. The first kappa shape index (κ1) is 22.0. The summed E-state index contributed by atoms with van der Waals surface area (Å²) in [6, 6.07) is 2.42. The summed E-state index contributed by atoms with van der Waals surface area (Å²) in [5.74, 6) is -5.56. The molecular weight excluding hydrogens is 344 g/mol. The van der Waals surface area contributed by atoms with E-state index in [0.717, 1.165) is 0 Å². The van der Waals surface area contributed by atoms with Crippen molar-refractivity contribution in [3.05, 3.63) is 34.4 Å². The molecule has 8 heteroatoms. The number of ether oxygens (including phenoxy) is 4. The minimum Gasteiger partial charge on any atom is -0.478 e. The number of carbonyl (C=O) groups is 2. The highest BCUT2D eigenvalue weighted by atomic mass is 16.7. The van der Waals surface area contributed by atoms with Gasteiger partial charge in [0.05, 0.1) is 11.1 Å². The van der Waals surface area contributed by atoms with Crippen LogP contribution in [0.5, 0.6) is 0 Å². The topological polar surface area (TPSA) is 112 Å². The van der Waals surface area contributed by atoms with Gasteiger partial charge in [-0.2, -0.15) is 0 Å². The van der Waals surface area contributed by atoms with E-state index in [1.165, 1.54) is 40.2 Å². The summed E-state index contributed by atoms with van der Waals surface area (Å²) in [6.45, 7) is 6.90. The highest BCUT2D eigenvalue weighted by Crippen LogP contribution is 2.41. The van der Waals surface area contributed by atoms with Gasteiger partial charge in [-0.1, -0.05) is 0 Å². The van der Waals surface area contributed by atoms with Gasteiger partial charge in [0.25, 0.3) is 0 Å². The number of hydrogen-bond acceptors (Lipinski definition) is 6. The van der Waals surface area contributed by atoms with E-state index in [2.05, 4.69) is 0 Å². The Hall–Kier alpha value is -2.00. The quantitative estimate of drug-likeness (QED) is 0.605. The molecule has 0 heterocycles. The normalized spacial score (nSPS) is 15.9. The summed E-state index contributed by atoms with van der Waals surface area (Å²) in [7, 11) is 2.70. The van der Waals surface area contributed by atoms with E-state index >= 15 is 0 Å². The van der Waals surface area contributed by atoms with Crippen LogP contribution in [0.15, 0.2) is 12.1 Å². The van der Waals surface area contributed by atoms with Crippen molar-refractivity contribution in [3.8, 4) is 0 Å². The predicted octanol–water partition coefficient (Wildman–Crippen LogP) is 2.79. The second kappa shape index (κ2) is 8.59. The summed E-state index contributed by atoms with van der Waals surface area (Å²) in [6.07, 6.45) is 0. The third kappa shape index (κ3) is 4.04. The first-order valence-electron chi connectivity index (χ1n) is 8.14. The van der Waals surface area contributed by atoms with Crippen LogP contribution >= 0.6 is 0 Å². The minimum atomic E-state index is -1.53.